The molecule has 4 aromatic rings. The van der Waals surface area contributed by atoms with Crippen molar-refractivity contribution in [2.75, 3.05) is 18.1 Å². The van der Waals surface area contributed by atoms with Gasteiger partial charge in [0.05, 0.1) is 10.8 Å². The number of hydrogen-bond acceptors (Lipinski definition) is 5. The van der Waals surface area contributed by atoms with E-state index in [0.29, 0.717) is 10.3 Å². The monoisotopic (exact) mass is 501 g/mol. The van der Waals surface area contributed by atoms with Gasteiger partial charge in [-0.1, -0.05) is 60.2 Å². The molecule has 1 fully saturated rings. The van der Waals surface area contributed by atoms with Crippen LogP contribution in [-0.4, -0.2) is 34.8 Å². The lowest BCUT2D eigenvalue weighted by Crippen LogP contribution is -2.24. The minimum Gasteiger partial charge on any atom is -0.484 e. The van der Waals surface area contributed by atoms with Crippen molar-refractivity contribution in [2.45, 2.75) is 18.1 Å². The van der Waals surface area contributed by atoms with Crippen LogP contribution in [0.5, 0.6) is 5.75 Å². The van der Waals surface area contributed by atoms with Gasteiger partial charge in [-0.3, -0.25) is 4.79 Å². The molecule has 0 aliphatic carbocycles. The number of rotatable bonds is 8. The quantitative estimate of drug-likeness (QED) is 0.237. The average molecular weight is 502 g/mol. The summed E-state index contributed by atoms with van der Waals surface area (Å²) in [6.07, 6.45) is 3.76. The van der Waals surface area contributed by atoms with Crippen molar-refractivity contribution >= 4 is 46.5 Å². The molecule has 1 aliphatic heterocycles. The van der Waals surface area contributed by atoms with Gasteiger partial charge < -0.3 is 9.30 Å². The third-order valence-electron chi connectivity index (χ3n) is 5.83. The number of benzene rings is 3. The summed E-state index contributed by atoms with van der Waals surface area (Å²) in [6.45, 7) is 2.78. The molecule has 0 atom stereocenters. The van der Waals surface area contributed by atoms with Crippen molar-refractivity contribution < 1.29 is 9.53 Å². The normalized spacial score (nSPS) is 14.1. The summed E-state index contributed by atoms with van der Waals surface area (Å²) in [5.74, 6) is 2.78. The van der Waals surface area contributed by atoms with Crippen LogP contribution >= 0.6 is 23.5 Å². The zero-order valence-corrected chi connectivity index (χ0v) is 21.1. The molecule has 0 spiro atoms. The molecule has 0 unspecified atom stereocenters. The van der Waals surface area contributed by atoms with Crippen molar-refractivity contribution in [1.82, 2.24) is 9.99 Å². The van der Waals surface area contributed by atoms with E-state index in [0.717, 1.165) is 23.0 Å². The zero-order chi connectivity index (χ0) is 24.0. The Morgan fingerprint density at radius 2 is 1.80 bits per heavy atom. The topological polar surface area (TPSA) is 55.6 Å². The Hall–Kier alpha value is -3.16. The second-order valence-corrected chi connectivity index (χ2v) is 11.2. The Balaban J connectivity index is 1.19. The smallest absolute Gasteiger partial charge is 0.277 e. The molecule has 0 bridgehead atoms. The van der Waals surface area contributed by atoms with Crippen molar-refractivity contribution in [3.05, 3.63) is 101 Å². The van der Waals surface area contributed by atoms with Crippen LogP contribution in [0.15, 0.2) is 84.1 Å². The number of thioether (sulfide) groups is 2. The minimum atomic E-state index is -0.296. The van der Waals surface area contributed by atoms with Gasteiger partial charge >= 0.3 is 0 Å². The molecule has 35 heavy (non-hydrogen) atoms. The largest absolute Gasteiger partial charge is 0.484 e. The maximum atomic E-state index is 12.3. The minimum absolute atomic E-state index is 0.0845. The highest BCUT2D eigenvalue weighted by atomic mass is 32.2. The second-order valence-electron chi connectivity index (χ2n) is 8.44. The fourth-order valence-corrected chi connectivity index (χ4v) is 6.89. The molecule has 3 aromatic carbocycles. The number of carbonyl (C=O) groups excluding carboxylic acids is 1. The number of carbonyl (C=O) groups is 1. The Bertz CT molecular complexity index is 1320. The van der Waals surface area contributed by atoms with Crippen molar-refractivity contribution in [2.24, 2.45) is 5.10 Å². The van der Waals surface area contributed by atoms with E-state index in [2.05, 4.69) is 76.7 Å². The molecule has 2 heterocycles. The van der Waals surface area contributed by atoms with Gasteiger partial charge in [0.2, 0.25) is 0 Å². The lowest BCUT2D eigenvalue weighted by molar-refractivity contribution is -0.123. The van der Waals surface area contributed by atoms with Gasteiger partial charge in [0.15, 0.2) is 6.61 Å². The highest BCUT2D eigenvalue weighted by Gasteiger charge is 2.18. The average Bonchev–Trinajstić information content (AvgIpc) is 3.54. The van der Waals surface area contributed by atoms with E-state index in [1.165, 1.54) is 28.2 Å². The van der Waals surface area contributed by atoms with Crippen molar-refractivity contribution in [1.29, 1.82) is 0 Å². The number of para-hydroxylation sites is 1. The molecular weight excluding hydrogens is 474 g/mol. The summed E-state index contributed by atoms with van der Waals surface area (Å²) in [7, 11) is 0. The third-order valence-corrected chi connectivity index (χ3v) is 8.93. The first-order chi connectivity index (χ1) is 17.2. The van der Waals surface area contributed by atoms with E-state index >= 15 is 0 Å². The van der Waals surface area contributed by atoms with Crippen LogP contribution in [0.25, 0.3) is 10.9 Å². The predicted molar refractivity (Wildman–Crippen MR) is 148 cm³/mol. The number of aromatic nitrogens is 1. The van der Waals surface area contributed by atoms with Gasteiger partial charge in [-0.15, -0.1) is 23.5 Å². The molecular formula is C28H27N3O2S2. The Kier molecular flexibility index (Phi) is 7.45. The first-order valence-electron chi connectivity index (χ1n) is 11.6. The van der Waals surface area contributed by atoms with Crippen molar-refractivity contribution in [3.8, 4) is 5.75 Å². The van der Waals surface area contributed by atoms with E-state index in [9.17, 15) is 4.79 Å². The van der Waals surface area contributed by atoms with E-state index in [4.69, 9.17) is 4.74 Å². The number of ether oxygens (including phenoxy) is 1. The molecule has 5 nitrogen and oxygen atoms in total. The second kappa shape index (κ2) is 11.1. The SMILES string of the molecule is Cc1ccc(Cn2cc(/C=N\NC(=O)COc3ccc(C4SCCS4)cc3)c3ccccc32)cc1. The van der Waals surface area contributed by atoms with E-state index in [1.807, 2.05) is 47.8 Å². The van der Waals surface area contributed by atoms with Crippen LogP contribution in [0.3, 0.4) is 0 Å². The van der Waals surface area contributed by atoms with Crippen LogP contribution in [0.4, 0.5) is 0 Å². The maximum absolute atomic E-state index is 12.3. The Morgan fingerprint density at radius 1 is 1.06 bits per heavy atom. The van der Waals surface area contributed by atoms with Gasteiger partial charge in [-0.25, -0.2) is 5.43 Å². The fourth-order valence-electron chi connectivity index (χ4n) is 4.03. The predicted octanol–water partition coefficient (Wildman–Crippen LogP) is 6.01. The zero-order valence-electron chi connectivity index (χ0n) is 19.5. The van der Waals surface area contributed by atoms with Gasteiger partial charge in [-0.05, 0) is 36.2 Å². The molecule has 178 valence electrons. The maximum Gasteiger partial charge on any atom is 0.277 e. The van der Waals surface area contributed by atoms with Crippen LogP contribution in [-0.2, 0) is 11.3 Å². The lowest BCUT2D eigenvalue weighted by atomic mass is 10.1. The van der Waals surface area contributed by atoms with Crippen LogP contribution < -0.4 is 10.2 Å². The van der Waals surface area contributed by atoms with Crippen LogP contribution in [0, 0.1) is 6.92 Å². The number of aryl methyl sites for hydroxylation is 1. The lowest BCUT2D eigenvalue weighted by Gasteiger charge is -2.10. The van der Waals surface area contributed by atoms with Gasteiger partial charge in [0, 0.05) is 40.7 Å². The number of nitrogens with zero attached hydrogens (tertiary/aromatic N) is 2. The summed E-state index contributed by atoms with van der Waals surface area (Å²) in [5, 5.41) is 5.27. The standard InChI is InChI=1S/C28H27N3O2S2/c1-20-6-8-21(9-7-20)17-31-18-23(25-4-2-3-5-26(25)31)16-29-30-27(32)19-33-24-12-10-22(11-13-24)28-34-14-15-35-28/h2-13,16,18,28H,14-15,17,19H2,1H3,(H,30,32)/b29-16-. The first kappa shape index (κ1) is 23.6. The first-order valence-corrected chi connectivity index (χ1v) is 13.7. The summed E-state index contributed by atoms with van der Waals surface area (Å²) >= 11 is 3.94. The van der Waals surface area contributed by atoms with Crippen LogP contribution in [0.1, 0.15) is 26.8 Å². The van der Waals surface area contributed by atoms with E-state index in [-0.39, 0.29) is 12.5 Å². The highest BCUT2D eigenvalue weighted by Crippen LogP contribution is 2.45. The van der Waals surface area contributed by atoms with Gasteiger partial charge in [-0.2, -0.15) is 5.10 Å². The number of nitrogens with one attached hydrogen (secondary N) is 1. The Labute approximate surface area is 213 Å². The molecule has 1 saturated heterocycles. The summed E-state index contributed by atoms with van der Waals surface area (Å²) in [4.78, 5) is 12.3. The highest BCUT2D eigenvalue weighted by molar-refractivity contribution is 8.19. The molecule has 1 N–H and O–H groups in total. The number of hydrazone groups is 1. The van der Waals surface area contributed by atoms with Gasteiger partial charge in [0.1, 0.15) is 5.75 Å². The molecule has 5 rings (SSSR count). The molecule has 1 aliphatic rings. The number of amides is 1. The summed E-state index contributed by atoms with van der Waals surface area (Å²) < 4.78 is 8.34. The summed E-state index contributed by atoms with van der Waals surface area (Å²) in [6, 6.07) is 24.8. The third kappa shape index (κ3) is 5.92. The number of hydrogen-bond donors (Lipinski definition) is 1. The van der Waals surface area contributed by atoms with Gasteiger partial charge in [0.25, 0.3) is 5.91 Å². The number of fused-ring (bicyclic) bond motifs is 1. The Morgan fingerprint density at radius 3 is 2.57 bits per heavy atom. The van der Waals surface area contributed by atoms with E-state index < -0.39 is 0 Å². The molecule has 7 heteroatoms. The van der Waals surface area contributed by atoms with Crippen LogP contribution in [0.2, 0.25) is 0 Å². The molecule has 0 saturated carbocycles. The molecule has 0 radical (unpaired) electrons. The van der Waals surface area contributed by atoms with Crippen molar-refractivity contribution in [3.63, 3.8) is 0 Å². The molecule has 1 aromatic heterocycles. The van der Waals surface area contributed by atoms with E-state index in [1.54, 1.807) is 6.21 Å². The fraction of sp³-hybridized carbons (Fsp3) is 0.214. The summed E-state index contributed by atoms with van der Waals surface area (Å²) in [5.41, 5.74) is 8.43. The molecule has 1 amide bonds.